The van der Waals surface area contributed by atoms with Gasteiger partial charge in [-0.25, -0.2) is 13.8 Å². The van der Waals surface area contributed by atoms with Gasteiger partial charge in [-0.2, -0.15) is 0 Å². The second-order valence-electron chi connectivity index (χ2n) is 12.0. The van der Waals surface area contributed by atoms with E-state index >= 15 is 0 Å². The number of H-pyrrole nitrogens is 1. The number of benzene rings is 4. The first-order valence-corrected chi connectivity index (χ1v) is 17.0. The summed E-state index contributed by atoms with van der Waals surface area (Å²) in [7, 11) is 0. The van der Waals surface area contributed by atoms with Gasteiger partial charge in [0.1, 0.15) is 28.0 Å². The molecular formula is C42H36Cl2F2N2O3. The molecule has 1 aliphatic heterocycles. The lowest BCUT2D eigenvalue weighted by atomic mass is 9.96. The van der Waals surface area contributed by atoms with Crippen LogP contribution in [0.3, 0.4) is 0 Å². The molecule has 0 bridgehead atoms. The van der Waals surface area contributed by atoms with Crippen LogP contribution in [-0.2, 0) is 13.0 Å². The molecule has 2 aromatic heterocycles. The summed E-state index contributed by atoms with van der Waals surface area (Å²) in [6, 6.07) is 32.6. The Bertz CT molecular complexity index is 2190. The first-order chi connectivity index (χ1) is 24.5. The number of aryl methyl sites for hydroxylation is 3. The van der Waals surface area contributed by atoms with E-state index in [9.17, 15) is 13.6 Å². The molecule has 0 radical (unpaired) electrons. The van der Waals surface area contributed by atoms with Gasteiger partial charge in [0.25, 0.3) is 5.56 Å². The van der Waals surface area contributed by atoms with Crippen LogP contribution in [0.2, 0.25) is 10.3 Å². The highest BCUT2D eigenvalue weighted by Crippen LogP contribution is 2.35. The average Bonchev–Trinajstić information content (AvgIpc) is 3.14. The third-order valence-electron chi connectivity index (χ3n) is 8.26. The van der Waals surface area contributed by atoms with Crippen molar-refractivity contribution in [3.8, 4) is 28.1 Å². The summed E-state index contributed by atoms with van der Waals surface area (Å²) in [6.45, 7) is 7.35. The zero-order chi connectivity index (χ0) is 36.5. The molecule has 1 aliphatic rings. The van der Waals surface area contributed by atoms with E-state index in [0.29, 0.717) is 27.7 Å². The number of hydrogen-bond donors (Lipinski definition) is 2. The SMILES string of the molecule is C=Cc1ccc(-c2cc(C)ccc2F)cc1.Cc1ccc(F)c(-c2ccc(C3CCc4ccc(Cl)nc4O3)cc2)c1.O=c1[nH]c(Cl)ccc1CO. The lowest BCUT2D eigenvalue weighted by molar-refractivity contribution is 0.168. The Hall–Kier alpha value is -5.08. The Morgan fingerprint density at radius 3 is 1.98 bits per heavy atom. The largest absolute Gasteiger partial charge is 0.469 e. The minimum absolute atomic E-state index is 0.0603. The van der Waals surface area contributed by atoms with E-state index in [-0.39, 0.29) is 35.1 Å². The molecule has 6 aromatic rings. The minimum atomic E-state index is -0.338. The van der Waals surface area contributed by atoms with Crippen LogP contribution in [0, 0.1) is 25.5 Å². The average molecular weight is 726 g/mol. The number of nitrogens with one attached hydrogen (secondary N) is 1. The number of aromatic nitrogens is 2. The van der Waals surface area contributed by atoms with Crippen LogP contribution >= 0.6 is 23.2 Å². The number of hydrogen-bond acceptors (Lipinski definition) is 4. The monoisotopic (exact) mass is 724 g/mol. The Balaban J connectivity index is 0.000000166. The number of aromatic amines is 1. The predicted molar refractivity (Wildman–Crippen MR) is 202 cm³/mol. The molecular weight excluding hydrogens is 689 g/mol. The summed E-state index contributed by atoms with van der Waals surface area (Å²) in [5.74, 6) is 0.217. The molecule has 7 rings (SSSR count). The van der Waals surface area contributed by atoms with Gasteiger partial charge < -0.3 is 14.8 Å². The van der Waals surface area contributed by atoms with Crippen LogP contribution in [0.5, 0.6) is 5.88 Å². The fraction of sp³-hybridized carbons (Fsp3) is 0.143. The minimum Gasteiger partial charge on any atom is -0.469 e. The second kappa shape index (κ2) is 17.2. The van der Waals surface area contributed by atoms with Gasteiger partial charge in [0.2, 0.25) is 5.88 Å². The summed E-state index contributed by atoms with van der Waals surface area (Å²) in [6.07, 6.45) is 3.50. The van der Waals surface area contributed by atoms with Gasteiger partial charge in [0.05, 0.1) is 6.61 Å². The first kappa shape index (κ1) is 37.2. The fourth-order valence-corrected chi connectivity index (χ4v) is 5.74. The highest BCUT2D eigenvalue weighted by Gasteiger charge is 2.23. The van der Waals surface area contributed by atoms with Crippen molar-refractivity contribution >= 4 is 29.3 Å². The molecule has 260 valence electrons. The fourth-order valence-electron chi connectivity index (χ4n) is 5.46. The number of nitrogens with zero attached hydrogens (tertiary/aromatic N) is 1. The molecule has 2 N–H and O–H groups in total. The molecule has 4 aromatic carbocycles. The maximum atomic E-state index is 14.1. The lowest BCUT2D eigenvalue weighted by Crippen LogP contribution is -2.16. The zero-order valence-corrected chi connectivity index (χ0v) is 29.6. The molecule has 0 aliphatic carbocycles. The summed E-state index contributed by atoms with van der Waals surface area (Å²) >= 11 is 11.4. The zero-order valence-electron chi connectivity index (χ0n) is 28.1. The molecule has 1 unspecified atom stereocenters. The van der Waals surface area contributed by atoms with E-state index in [1.165, 1.54) is 24.3 Å². The van der Waals surface area contributed by atoms with Crippen molar-refractivity contribution in [3.63, 3.8) is 0 Å². The quantitative estimate of drug-likeness (QED) is 0.174. The smallest absolute Gasteiger partial charge is 0.254 e. The van der Waals surface area contributed by atoms with Gasteiger partial charge in [-0.1, -0.05) is 114 Å². The summed E-state index contributed by atoms with van der Waals surface area (Å²) in [4.78, 5) is 17.4. The standard InChI is InChI=1S/C21H17ClFNO.C15H13F.C6H6ClNO2/c1-13-2-9-18(23)17(12-13)14-3-5-15(6-4-14)19-10-7-16-8-11-20(22)24-21(16)25-19;1-3-12-5-7-13(8-6-12)14-10-11(2)4-9-15(14)16;7-5-2-1-4(3-9)6(10)8-5/h2-6,8-9,11-12,19H,7,10H2,1H3;3-10H,1H2,2H3;1-2,9H,3H2,(H,8,10). The van der Waals surface area contributed by atoms with Crippen molar-refractivity contribution in [1.82, 2.24) is 9.97 Å². The number of aliphatic hydroxyl groups excluding tert-OH is 1. The van der Waals surface area contributed by atoms with E-state index in [0.717, 1.165) is 51.8 Å². The second-order valence-corrected chi connectivity index (χ2v) is 12.8. The van der Waals surface area contributed by atoms with Crippen LogP contribution < -0.4 is 10.3 Å². The molecule has 1 atom stereocenters. The van der Waals surface area contributed by atoms with Crippen LogP contribution in [0.1, 0.15) is 45.9 Å². The van der Waals surface area contributed by atoms with E-state index in [2.05, 4.69) is 16.5 Å². The Labute approximate surface area is 305 Å². The first-order valence-electron chi connectivity index (χ1n) is 16.2. The summed E-state index contributed by atoms with van der Waals surface area (Å²) in [5, 5.41) is 9.26. The molecule has 9 heteroatoms. The van der Waals surface area contributed by atoms with Crippen molar-refractivity contribution in [2.24, 2.45) is 0 Å². The van der Waals surface area contributed by atoms with E-state index in [1.807, 2.05) is 80.6 Å². The van der Waals surface area contributed by atoms with Crippen molar-refractivity contribution in [3.05, 3.63) is 181 Å². The Kier molecular flexibility index (Phi) is 12.6. The Morgan fingerprint density at radius 2 is 1.43 bits per heavy atom. The van der Waals surface area contributed by atoms with Gasteiger partial charge >= 0.3 is 0 Å². The van der Waals surface area contributed by atoms with Crippen LogP contribution in [0.4, 0.5) is 8.78 Å². The highest BCUT2D eigenvalue weighted by atomic mass is 35.5. The van der Waals surface area contributed by atoms with Crippen molar-refractivity contribution in [1.29, 1.82) is 0 Å². The summed E-state index contributed by atoms with van der Waals surface area (Å²) < 4.78 is 33.7. The van der Waals surface area contributed by atoms with E-state index in [1.54, 1.807) is 24.3 Å². The van der Waals surface area contributed by atoms with Gasteiger partial charge in [0.15, 0.2) is 0 Å². The predicted octanol–water partition coefficient (Wildman–Crippen LogP) is 10.9. The molecule has 3 heterocycles. The molecule has 0 fully saturated rings. The molecule has 5 nitrogen and oxygen atoms in total. The van der Waals surface area contributed by atoms with Crippen molar-refractivity contribution < 1.29 is 18.6 Å². The third kappa shape index (κ3) is 9.79. The van der Waals surface area contributed by atoms with Crippen LogP contribution in [0.15, 0.2) is 121 Å². The highest BCUT2D eigenvalue weighted by molar-refractivity contribution is 6.29. The van der Waals surface area contributed by atoms with Crippen LogP contribution in [-0.4, -0.2) is 15.1 Å². The topological polar surface area (TPSA) is 75.2 Å². The maximum absolute atomic E-state index is 14.1. The molecule has 0 saturated heterocycles. The summed E-state index contributed by atoms with van der Waals surface area (Å²) in [5.41, 5.74) is 8.29. The van der Waals surface area contributed by atoms with Gasteiger partial charge in [0, 0.05) is 22.3 Å². The maximum Gasteiger partial charge on any atom is 0.254 e. The number of pyridine rings is 2. The third-order valence-corrected chi connectivity index (χ3v) is 8.69. The number of fused-ring (bicyclic) bond motifs is 1. The van der Waals surface area contributed by atoms with Crippen LogP contribution in [0.25, 0.3) is 28.3 Å². The number of ether oxygens (including phenoxy) is 1. The molecule has 0 amide bonds. The molecule has 51 heavy (non-hydrogen) atoms. The van der Waals surface area contributed by atoms with Gasteiger partial charge in [-0.15, -0.1) is 0 Å². The number of halogens is 4. The van der Waals surface area contributed by atoms with Crippen molar-refractivity contribution in [2.45, 2.75) is 39.4 Å². The van der Waals surface area contributed by atoms with Gasteiger partial charge in [-0.3, -0.25) is 4.79 Å². The number of aliphatic hydroxyl groups is 1. The van der Waals surface area contributed by atoms with E-state index in [4.69, 9.17) is 33.0 Å². The molecule has 0 spiro atoms. The lowest BCUT2D eigenvalue weighted by Gasteiger charge is -2.25. The number of rotatable bonds is 5. The van der Waals surface area contributed by atoms with E-state index < -0.39 is 0 Å². The van der Waals surface area contributed by atoms with Crippen molar-refractivity contribution in [2.75, 3.05) is 0 Å². The Morgan fingerprint density at radius 1 is 0.843 bits per heavy atom. The normalized spacial score (nSPS) is 13.0. The molecule has 0 saturated carbocycles. The van der Waals surface area contributed by atoms with Gasteiger partial charge in [-0.05, 0) is 91.4 Å².